The Morgan fingerprint density at radius 1 is 1.15 bits per heavy atom. The normalized spacial score (nSPS) is 11.5. The van der Waals surface area contributed by atoms with Gasteiger partial charge in [0.2, 0.25) is 0 Å². The van der Waals surface area contributed by atoms with Gasteiger partial charge in [-0.25, -0.2) is 0 Å². The lowest BCUT2D eigenvalue weighted by atomic mass is 10.1. The first kappa shape index (κ1) is 20.8. The SMILES string of the molecule is CCCCCCOc1cc(C)ccc1CNC(=NC)NCc1ccnn1C. The van der Waals surface area contributed by atoms with E-state index in [0.29, 0.717) is 13.1 Å². The maximum absolute atomic E-state index is 6.05. The zero-order valence-corrected chi connectivity index (χ0v) is 17.1. The maximum Gasteiger partial charge on any atom is 0.191 e. The molecule has 0 atom stereocenters. The number of unbranched alkanes of at least 4 members (excludes halogenated alkanes) is 3. The molecule has 0 aliphatic heterocycles. The molecule has 0 aliphatic rings. The highest BCUT2D eigenvalue weighted by Gasteiger charge is 2.07. The van der Waals surface area contributed by atoms with E-state index in [9.17, 15) is 0 Å². The second-order valence-electron chi connectivity index (χ2n) is 6.75. The highest BCUT2D eigenvalue weighted by atomic mass is 16.5. The van der Waals surface area contributed by atoms with Crippen molar-refractivity contribution in [2.75, 3.05) is 13.7 Å². The summed E-state index contributed by atoms with van der Waals surface area (Å²) >= 11 is 0. The summed E-state index contributed by atoms with van der Waals surface area (Å²) in [6.07, 6.45) is 6.63. The Bertz CT molecular complexity index is 723. The van der Waals surface area contributed by atoms with Gasteiger partial charge >= 0.3 is 0 Å². The predicted molar refractivity (Wildman–Crippen MR) is 111 cm³/mol. The second-order valence-corrected chi connectivity index (χ2v) is 6.75. The molecule has 0 saturated heterocycles. The summed E-state index contributed by atoms with van der Waals surface area (Å²) in [7, 11) is 3.71. The first-order valence-electron chi connectivity index (χ1n) is 9.77. The highest BCUT2D eigenvalue weighted by molar-refractivity contribution is 5.79. The van der Waals surface area contributed by atoms with Gasteiger partial charge in [0.1, 0.15) is 5.75 Å². The number of hydrogen-bond acceptors (Lipinski definition) is 3. The van der Waals surface area contributed by atoms with Crippen LogP contribution in [0.15, 0.2) is 35.5 Å². The van der Waals surface area contributed by atoms with Crippen molar-refractivity contribution in [3.05, 3.63) is 47.3 Å². The average molecular weight is 372 g/mol. The number of aryl methyl sites for hydroxylation is 2. The van der Waals surface area contributed by atoms with Gasteiger partial charge in [0, 0.05) is 32.4 Å². The topological polar surface area (TPSA) is 63.5 Å². The van der Waals surface area contributed by atoms with Gasteiger partial charge in [-0.1, -0.05) is 38.3 Å². The molecule has 6 heteroatoms. The lowest BCUT2D eigenvalue weighted by Crippen LogP contribution is -2.36. The Kier molecular flexibility index (Phi) is 8.68. The molecule has 0 bridgehead atoms. The van der Waals surface area contributed by atoms with E-state index in [1.165, 1.54) is 24.8 Å². The van der Waals surface area contributed by atoms with Gasteiger partial charge in [-0.2, -0.15) is 5.10 Å². The van der Waals surface area contributed by atoms with E-state index in [2.05, 4.69) is 52.8 Å². The van der Waals surface area contributed by atoms with Crippen LogP contribution in [0.25, 0.3) is 0 Å². The number of hydrogen-bond donors (Lipinski definition) is 2. The van der Waals surface area contributed by atoms with Crippen molar-refractivity contribution in [1.82, 2.24) is 20.4 Å². The van der Waals surface area contributed by atoms with Crippen LogP contribution in [0.2, 0.25) is 0 Å². The minimum absolute atomic E-state index is 0.662. The van der Waals surface area contributed by atoms with E-state index in [0.717, 1.165) is 36.0 Å². The van der Waals surface area contributed by atoms with Gasteiger partial charge in [-0.15, -0.1) is 0 Å². The zero-order valence-electron chi connectivity index (χ0n) is 17.1. The Morgan fingerprint density at radius 2 is 1.96 bits per heavy atom. The van der Waals surface area contributed by atoms with E-state index in [1.54, 1.807) is 13.2 Å². The fourth-order valence-corrected chi connectivity index (χ4v) is 2.80. The maximum atomic E-state index is 6.05. The monoisotopic (exact) mass is 371 g/mol. The van der Waals surface area contributed by atoms with Crippen LogP contribution < -0.4 is 15.4 Å². The summed E-state index contributed by atoms with van der Waals surface area (Å²) in [5.74, 6) is 1.71. The minimum Gasteiger partial charge on any atom is -0.493 e. The molecule has 1 aromatic carbocycles. The Labute approximate surface area is 163 Å². The van der Waals surface area contributed by atoms with E-state index >= 15 is 0 Å². The Morgan fingerprint density at radius 3 is 2.67 bits per heavy atom. The van der Waals surface area contributed by atoms with Crippen molar-refractivity contribution in [2.24, 2.45) is 12.0 Å². The number of rotatable bonds is 10. The number of benzene rings is 1. The van der Waals surface area contributed by atoms with Crippen molar-refractivity contribution < 1.29 is 4.74 Å². The smallest absolute Gasteiger partial charge is 0.191 e. The van der Waals surface area contributed by atoms with Crippen molar-refractivity contribution >= 4 is 5.96 Å². The molecule has 148 valence electrons. The van der Waals surface area contributed by atoms with E-state index in [-0.39, 0.29) is 0 Å². The molecule has 2 rings (SSSR count). The molecule has 1 heterocycles. The molecule has 0 unspecified atom stereocenters. The fourth-order valence-electron chi connectivity index (χ4n) is 2.80. The number of aliphatic imine (C=N–C) groups is 1. The van der Waals surface area contributed by atoms with Crippen molar-refractivity contribution in [3.63, 3.8) is 0 Å². The van der Waals surface area contributed by atoms with Crippen molar-refractivity contribution in [3.8, 4) is 5.75 Å². The average Bonchev–Trinajstić information content (AvgIpc) is 3.08. The lowest BCUT2D eigenvalue weighted by molar-refractivity contribution is 0.301. The zero-order chi connectivity index (χ0) is 19.5. The summed E-state index contributed by atoms with van der Waals surface area (Å²) in [5.41, 5.74) is 3.45. The van der Waals surface area contributed by atoms with Crippen molar-refractivity contribution in [1.29, 1.82) is 0 Å². The van der Waals surface area contributed by atoms with E-state index in [1.807, 2.05) is 17.8 Å². The third-order valence-corrected chi connectivity index (χ3v) is 4.51. The van der Waals surface area contributed by atoms with Crippen LogP contribution in [0.5, 0.6) is 5.75 Å². The summed E-state index contributed by atoms with van der Waals surface area (Å²) in [5, 5.41) is 10.9. The molecule has 0 radical (unpaired) electrons. The Balaban J connectivity index is 1.88. The molecule has 0 amide bonds. The molecule has 0 aliphatic carbocycles. The van der Waals surface area contributed by atoms with Crippen LogP contribution in [0.3, 0.4) is 0 Å². The third kappa shape index (κ3) is 6.96. The molecule has 27 heavy (non-hydrogen) atoms. The molecule has 0 spiro atoms. The Hall–Kier alpha value is -2.50. The lowest BCUT2D eigenvalue weighted by Gasteiger charge is -2.15. The predicted octanol–water partition coefficient (Wildman–Crippen LogP) is 3.55. The first-order chi connectivity index (χ1) is 13.1. The number of aromatic nitrogens is 2. The highest BCUT2D eigenvalue weighted by Crippen LogP contribution is 2.21. The van der Waals surface area contributed by atoms with Gasteiger partial charge in [0.15, 0.2) is 5.96 Å². The second kappa shape index (κ2) is 11.3. The molecular weight excluding hydrogens is 338 g/mol. The minimum atomic E-state index is 0.662. The van der Waals surface area contributed by atoms with Crippen LogP contribution in [0.1, 0.15) is 49.4 Å². The molecule has 0 fully saturated rings. The quantitative estimate of drug-likeness (QED) is 0.381. The summed E-state index contributed by atoms with van der Waals surface area (Å²) < 4.78 is 7.91. The van der Waals surface area contributed by atoms with Crippen LogP contribution in [0.4, 0.5) is 0 Å². The fraction of sp³-hybridized carbons (Fsp3) is 0.524. The molecule has 1 aromatic heterocycles. The van der Waals surface area contributed by atoms with E-state index in [4.69, 9.17) is 4.74 Å². The van der Waals surface area contributed by atoms with Crippen LogP contribution in [-0.2, 0) is 20.1 Å². The molecule has 2 N–H and O–H groups in total. The van der Waals surface area contributed by atoms with Crippen molar-refractivity contribution in [2.45, 2.75) is 52.6 Å². The molecule has 2 aromatic rings. The van der Waals surface area contributed by atoms with Crippen LogP contribution in [0, 0.1) is 6.92 Å². The van der Waals surface area contributed by atoms with Gasteiger partial charge in [-0.05, 0) is 31.0 Å². The van der Waals surface area contributed by atoms with Gasteiger partial charge in [0.05, 0.1) is 18.8 Å². The van der Waals surface area contributed by atoms with Crippen LogP contribution >= 0.6 is 0 Å². The molecular formula is C21H33N5O. The summed E-state index contributed by atoms with van der Waals surface area (Å²) in [6, 6.07) is 8.35. The summed E-state index contributed by atoms with van der Waals surface area (Å²) in [4.78, 5) is 4.30. The number of nitrogens with zero attached hydrogens (tertiary/aromatic N) is 3. The van der Waals surface area contributed by atoms with Gasteiger partial charge in [0.25, 0.3) is 0 Å². The molecule has 0 saturated carbocycles. The van der Waals surface area contributed by atoms with Gasteiger partial charge < -0.3 is 15.4 Å². The standard InChI is InChI=1S/C21H33N5O/c1-5-6-7-8-13-27-20-14-17(2)9-10-18(20)15-23-21(22-3)24-16-19-11-12-25-26(19)4/h9-12,14H,5-8,13,15-16H2,1-4H3,(H2,22,23,24). The summed E-state index contributed by atoms with van der Waals surface area (Å²) in [6.45, 7) is 6.42. The first-order valence-corrected chi connectivity index (χ1v) is 9.77. The van der Waals surface area contributed by atoms with E-state index < -0.39 is 0 Å². The largest absolute Gasteiger partial charge is 0.493 e. The number of guanidine groups is 1. The van der Waals surface area contributed by atoms with Crippen LogP contribution in [-0.4, -0.2) is 29.4 Å². The molecule has 6 nitrogen and oxygen atoms in total. The van der Waals surface area contributed by atoms with Gasteiger partial charge in [-0.3, -0.25) is 9.67 Å². The third-order valence-electron chi connectivity index (χ3n) is 4.51. The number of ether oxygens (including phenoxy) is 1. The number of nitrogens with one attached hydrogen (secondary N) is 2.